The van der Waals surface area contributed by atoms with Gasteiger partial charge in [-0.25, -0.2) is 0 Å². The number of rotatable bonds is 5. The molecule has 0 saturated carbocycles. The van der Waals surface area contributed by atoms with Crippen LogP contribution in [0.1, 0.15) is 29.8 Å². The van der Waals surface area contributed by atoms with E-state index in [1.54, 1.807) is 24.3 Å². The largest absolute Gasteiger partial charge is 0.508 e. The number of allylic oxidation sites excluding steroid dienone is 1. The molecule has 1 heterocycles. The van der Waals surface area contributed by atoms with E-state index >= 15 is 0 Å². The van der Waals surface area contributed by atoms with E-state index in [1.165, 1.54) is 12.1 Å². The summed E-state index contributed by atoms with van der Waals surface area (Å²) >= 11 is 0. The van der Waals surface area contributed by atoms with Gasteiger partial charge in [0.05, 0.1) is 18.8 Å². The predicted molar refractivity (Wildman–Crippen MR) is 89.8 cm³/mol. The minimum Gasteiger partial charge on any atom is -0.508 e. The molecule has 0 radical (unpaired) electrons. The van der Waals surface area contributed by atoms with Crippen LogP contribution in [-0.2, 0) is 0 Å². The highest BCUT2D eigenvalue weighted by Gasteiger charge is 2.27. The molecule has 5 nitrogen and oxygen atoms in total. The molecule has 0 atom stereocenters. The Morgan fingerprint density at radius 3 is 2.54 bits per heavy atom. The summed E-state index contributed by atoms with van der Waals surface area (Å²) in [6, 6.07) is 9.89. The molecule has 1 aliphatic rings. The minimum absolute atomic E-state index is 0.0579. The standard InChI is InChI=1S/C19H18O5/c1-3-22-15-8-5-12(9-17(15)23-4-2)10-18-19(21)14-7-6-13(20)11-16(14)24-18/h5-11,20H,3-4H2,1-2H3/b18-10-. The van der Waals surface area contributed by atoms with E-state index in [2.05, 4.69) is 0 Å². The number of phenols is 1. The van der Waals surface area contributed by atoms with Gasteiger partial charge in [-0.05, 0) is 49.8 Å². The highest BCUT2D eigenvalue weighted by atomic mass is 16.5. The van der Waals surface area contributed by atoms with Crippen molar-refractivity contribution in [3.05, 3.63) is 53.3 Å². The van der Waals surface area contributed by atoms with Crippen molar-refractivity contribution in [2.75, 3.05) is 13.2 Å². The van der Waals surface area contributed by atoms with Gasteiger partial charge in [-0.1, -0.05) is 6.07 Å². The number of benzene rings is 2. The summed E-state index contributed by atoms with van der Waals surface area (Å²) in [6.45, 7) is 4.86. The lowest BCUT2D eigenvalue weighted by atomic mass is 10.1. The molecule has 0 spiro atoms. The van der Waals surface area contributed by atoms with Crippen LogP contribution >= 0.6 is 0 Å². The Bertz CT molecular complexity index is 807. The van der Waals surface area contributed by atoms with Gasteiger partial charge in [0.25, 0.3) is 0 Å². The molecular formula is C19H18O5. The summed E-state index contributed by atoms with van der Waals surface area (Å²) in [6.07, 6.45) is 1.65. The molecular weight excluding hydrogens is 308 g/mol. The summed E-state index contributed by atoms with van der Waals surface area (Å²) in [7, 11) is 0. The van der Waals surface area contributed by atoms with Crippen LogP contribution in [0.25, 0.3) is 6.08 Å². The van der Waals surface area contributed by atoms with Crippen LogP contribution in [0.3, 0.4) is 0 Å². The Kier molecular flexibility index (Phi) is 4.42. The summed E-state index contributed by atoms with van der Waals surface area (Å²) in [5, 5.41) is 9.49. The molecule has 24 heavy (non-hydrogen) atoms. The van der Waals surface area contributed by atoms with E-state index in [0.29, 0.717) is 36.0 Å². The molecule has 3 rings (SSSR count). The van der Waals surface area contributed by atoms with Gasteiger partial charge in [-0.3, -0.25) is 4.79 Å². The molecule has 0 saturated heterocycles. The average molecular weight is 326 g/mol. The lowest BCUT2D eigenvalue weighted by molar-refractivity contribution is 0.101. The summed E-state index contributed by atoms with van der Waals surface area (Å²) in [5.74, 6) is 1.70. The number of carbonyl (C=O) groups excluding carboxylic acids is 1. The Morgan fingerprint density at radius 2 is 1.79 bits per heavy atom. The average Bonchev–Trinajstić information content (AvgIpc) is 2.85. The van der Waals surface area contributed by atoms with Crippen LogP contribution in [0.5, 0.6) is 23.0 Å². The van der Waals surface area contributed by atoms with Gasteiger partial charge in [0.15, 0.2) is 17.3 Å². The first kappa shape index (κ1) is 15.9. The molecule has 124 valence electrons. The van der Waals surface area contributed by atoms with Crippen molar-refractivity contribution in [3.8, 4) is 23.0 Å². The van der Waals surface area contributed by atoms with Crippen LogP contribution in [0.2, 0.25) is 0 Å². The molecule has 1 aliphatic heterocycles. The maximum absolute atomic E-state index is 12.4. The number of fused-ring (bicyclic) bond motifs is 1. The van der Waals surface area contributed by atoms with Crippen LogP contribution in [-0.4, -0.2) is 24.1 Å². The van der Waals surface area contributed by atoms with Crippen molar-refractivity contribution >= 4 is 11.9 Å². The van der Waals surface area contributed by atoms with Crippen LogP contribution in [0, 0.1) is 0 Å². The number of aromatic hydroxyl groups is 1. The molecule has 0 aromatic heterocycles. The van der Waals surface area contributed by atoms with Crippen molar-refractivity contribution in [1.29, 1.82) is 0 Å². The van der Waals surface area contributed by atoms with Crippen molar-refractivity contribution in [2.45, 2.75) is 13.8 Å². The fourth-order valence-electron chi connectivity index (χ4n) is 2.48. The number of phenolic OH excluding ortho intramolecular Hbond substituents is 1. The molecule has 1 N–H and O–H groups in total. The monoisotopic (exact) mass is 326 g/mol. The minimum atomic E-state index is -0.211. The maximum Gasteiger partial charge on any atom is 0.231 e. The SMILES string of the molecule is CCOc1ccc(/C=C2\Oc3cc(O)ccc3C2=O)cc1OCC. The molecule has 0 fully saturated rings. The van der Waals surface area contributed by atoms with Crippen molar-refractivity contribution in [1.82, 2.24) is 0 Å². The Morgan fingerprint density at radius 1 is 1.04 bits per heavy atom. The Labute approximate surface area is 140 Å². The molecule has 2 aromatic rings. The zero-order chi connectivity index (χ0) is 17.1. The van der Waals surface area contributed by atoms with Gasteiger partial charge in [0.2, 0.25) is 5.78 Å². The van der Waals surface area contributed by atoms with E-state index < -0.39 is 0 Å². The third-order valence-corrected chi connectivity index (χ3v) is 3.52. The normalized spacial score (nSPS) is 14.4. The van der Waals surface area contributed by atoms with Crippen LogP contribution in [0.4, 0.5) is 0 Å². The van der Waals surface area contributed by atoms with E-state index in [-0.39, 0.29) is 17.3 Å². The van der Waals surface area contributed by atoms with Gasteiger partial charge in [0.1, 0.15) is 11.5 Å². The molecule has 0 aliphatic carbocycles. The van der Waals surface area contributed by atoms with Gasteiger partial charge in [0, 0.05) is 6.07 Å². The highest BCUT2D eigenvalue weighted by Crippen LogP contribution is 2.35. The molecule has 2 aromatic carbocycles. The fourth-order valence-corrected chi connectivity index (χ4v) is 2.48. The van der Waals surface area contributed by atoms with E-state index in [1.807, 2.05) is 19.9 Å². The van der Waals surface area contributed by atoms with Gasteiger partial charge < -0.3 is 19.3 Å². The van der Waals surface area contributed by atoms with Gasteiger partial charge in [-0.15, -0.1) is 0 Å². The summed E-state index contributed by atoms with van der Waals surface area (Å²) in [4.78, 5) is 12.4. The second-order valence-electron chi connectivity index (χ2n) is 5.19. The zero-order valence-corrected chi connectivity index (χ0v) is 13.5. The first-order chi connectivity index (χ1) is 11.6. The topological polar surface area (TPSA) is 65.0 Å². The predicted octanol–water partition coefficient (Wildman–Crippen LogP) is 3.81. The van der Waals surface area contributed by atoms with E-state index in [0.717, 1.165) is 5.56 Å². The summed E-state index contributed by atoms with van der Waals surface area (Å²) < 4.78 is 16.7. The van der Waals surface area contributed by atoms with E-state index in [4.69, 9.17) is 14.2 Å². The summed E-state index contributed by atoms with van der Waals surface area (Å²) in [5.41, 5.74) is 1.21. The Balaban J connectivity index is 1.92. The van der Waals surface area contributed by atoms with Crippen LogP contribution in [0.15, 0.2) is 42.2 Å². The number of Topliss-reactive ketones (excluding diaryl/α,β-unsaturated/α-hetero) is 1. The third kappa shape index (κ3) is 3.06. The van der Waals surface area contributed by atoms with E-state index in [9.17, 15) is 9.90 Å². The van der Waals surface area contributed by atoms with Crippen molar-refractivity contribution < 1.29 is 24.1 Å². The van der Waals surface area contributed by atoms with Gasteiger partial charge >= 0.3 is 0 Å². The van der Waals surface area contributed by atoms with Gasteiger partial charge in [-0.2, -0.15) is 0 Å². The fraction of sp³-hybridized carbons (Fsp3) is 0.211. The quantitative estimate of drug-likeness (QED) is 0.847. The van der Waals surface area contributed by atoms with Crippen LogP contribution < -0.4 is 14.2 Å². The molecule has 0 amide bonds. The first-order valence-electron chi connectivity index (χ1n) is 7.79. The second-order valence-corrected chi connectivity index (χ2v) is 5.19. The lowest BCUT2D eigenvalue weighted by Gasteiger charge is -2.11. The first-order valence-corrected chi connectivity index (χ1v) is 7.79. The number of hydrogen-bond acceptors (Lipinski definition) is 5. The number of carbonyl (C=O) groups is 1. The number of hydrogen-bond donors (Lipinski definition) is 1. The lowest BCUT2D eigenvalue weighted by Crippen LogP contribution is -2.00. The molecule has 5 heteroatoms. The smallest absolute Gasteiger partial charge is 0.231 e. The molecule has 0 unspecified atom stereocenters. The number of ketones is 1. The second kappa shape index (κ2) is 6.66. The van der Waals surface area contributed by atoms with Crippen molar-refractivity contribution in [3.63, 3.8) is 0 Å². The number of ether oxygens (including phenoxy) is 3. The maximum atomic E-state index is 12.4. The third-order valence-electron chi connectivity index (χ3n) is 3.52. The highest BCUT2D eigenvalue weighted by molar-refractivity contribution is 6.14. The van der Waals surface area contributed by atoms with Crippen molar-refractivity contribution in [2.24, 2.45) is 0 Å². The Hall–Kier alpha value is -2.95. The molecule has 0 bridgehead atoms. The zero-order valence-electron chi connectivity index (χ0n) is 13.5.